The molecular formula is C20H32ClFN4O2S. The fourth-order valence-electron chi connectivity index (χ4n) is 3.37. The highest BCUT2D eigenvalue weighted by molar-refractivity contribution is 7.89. The molecule has 2 N–H and O–H groups in total. The van der Waals surface area contributed by atoms with Crippen LogP contribution in [0.1, 0.15) is 46.1 Å². The van der Waals surface area contributed by atoms with Crippen molar-refractivity contribution < 1.29 is 12.8 Å². The van der Waals surface area contributed by atoms with Gasteiger partial charge < -0.3 is 10.6 Å². The molecule has 0 unspecified atom stereocenters. The van der Waals surface area contributed by atoms with Gasteiger partial charge in [-0.1, -0.05) is 31.5 Å². The number of nitrogens with one attached hydrogen (secondary N) is 2. The van der Waals surface area contributed by atoms with E-state index in [1.165, 1.54) is 12.1 Å². The molecule has 6 nitrogen and oxygen atoms in total. The summed E-state index contributed by atoms with van der Waals surface area (Å²) in [5.41, 5.74) is 0.476. The minimum Gasteiger partial charge on any atom is -0.357 e. The minimum atomic E-state index is -3.13. The average molecular weight is 447 g/mol. The van der Waals surface area contributed by atoms with E-state index in [1.807, 2.05) is 20.8 Å². The van der Waals surface area contributed by atoms with Crippen LogP contribution in [0.5, 0.6) is 0 Å². The summed E-state index contributed by atoms with van der Waals surface area (Å²) < 4.78 is 39.0. The Morgan fingerprint density at radius 3 is 2.52 bits per heavy atom. The lowest BCUT2D eigenvalue weighted by Gasteiger charge is -2.32. The van der Waals surface area contributed by atoms with Gasteiger partial charge in [-0.3, -0.25) is 4.99 Å². The van der Waals surface area contributed by atoms with Crippen molar-refractivity contribution in [2.45, 2.75) is 52.0 Å². The van der Waals surface area contributed by atoms with Crippen LogP contribution in [0.2, 0.25) is 5.02 Å². The summed E-state index contributed by atoms with van der Waals surface area (Å²) in [7, 11) is -3.13. The van der Waals surface area contributed by atoms with Gasteiger partial charge in [0, 0.05) is 36.1 Å². The summed E-state index contributed by atoms with van der Waals surface area (Å²) in [6.07, 6.45) is 1.47. The molecule has 29 heavy (non-hydrogen) atoms. The Bertz CT molecular complexity index is 822. The van der Waals surface area contributed by atoms with E-state index in [0.717, 1.165) is 18.4 Å². The molecule has 0 radical (unpaired) electrons. The number of hydrogen-bond acceptors (Lipinski definition) is 3. The molecule has 1 saturated heterocycles. The molecule has 0 amide bonds. The van der Waals surface area contributed by atoms with Crippen molar-refractivity contribution >= 4 is 27.6 Å². The van der Waals surface area contributed by atoms with E-state index < -0.39 is 10.0 Å². The first kappa shape index (κ1) is 23.9. The van der Waals surface area contributed by atoms with Gasteiger partial charge >= 0.3 is 0 Å². The zero-order chi connectivity index (χ0) is 21.7. The van der Waals surface area contributed by atoms with Gasteiger partial charge in [0.1, 0.15) is 5.82 Å². The summed E-state index contributed by atoms with van der Waals surface area (Å²) in [4.78, 5) is 4.71. The molecule has 0 spiro atoms. The molecule has 0 atom stereocenters. The van der Waals surface area contributed by atoms with Gasteiger partial charge in [-0.25, -0.2) is 17.1 Å². The Hall–Kier alpha value is -1.38. The molecule has 0 saturated carbocycles. The lowest BCUT2D eigenvalue weighted by atomic mass is 9.84. The van der Waals surface area contributed by atoms with Crippen LogP contribution in [0.4, 0.5) is 4.39 Å². The third-order valence-corrected chi connectivity index (χ3v) is 7.38. The van der Waals surface area contributed by atoms with E-state index in [1.54, 1.807) is 17.3 Å². The van der Waals surface area contributed by atoms with Crippen molar-refractivity contribution in [1.82, 2.24) is 14.9 Å². The molecule has 1 aliphatic heterocycles. The first-order valence-electron chi connectivity index (χ1n) is 10.1. The first-order chi connectivity index (χ1) is 13.6. The Morgan fingerprint density at radius 2 is 1.97 bits per heavy atom. The van der Waals surface area contributed by atoms with Crippen molar-refractivity contribution in [1.29, 1.82) is 0 Å². The van der Waals surface area contributed by atoms with E-state index in [0.29, 0.717) is 37.2 Å². The van der Waals surface area contributed by atoms with Crippen LogP contribution in [0.3, 0.4) is 0 Å². The average Bonchev–Trinajstić information content (AvgIpc) is 2.66. The molecule has 2 rings (SSSR count). The SMILES string of the molecule is CCNC(=NCC(C)(C)c1ccc(F)cc1Cl)NC1CCN(S(=O)(=O)CC)CC1. The summed E-state index contributed by atoms with van der Waals surface area (Å²) in [5, 5.41) is 7.06. The smallest absolute Gasteiger partial charge is 0.213 e. The molecule has 0 aliphatic carbocycles. The molecule has 1 aromatic carbocycles. The lowest BCUT2D eigenvalue weighted by molar-refractivity contribution is 0.306. The zero-order valence-electron chi connectivity index (χ0n) is 17.6. The quantitative estimate of drug-likeness (QED) is 0.498. The monoisotopic (exact) mass is 446 g/mol. The molecule has 9 heteroatoms. The van der Waals surface area contributed by atoms with Gasteiger partial charge in [0.05, 0.1) is 12.3 Å². The van der Waals surface area contributed by atoms with Gasteiger partial charge in [-0.2, -0.15) is 0 Å². The van der Waals surface area contributed by atoms with Gasteiger partial charge in [-0.15, -0.1) is 0 Å². The van der Waals surface area contributed by atoms with Gasteiger partial charge in [-0.05, 0) is 44.4 Å². The number of hydrogen-bond donors (Lipinski definition) is 2. The highest BCUT2D eigenvalue weighted by Crippen LogP contribution is 2.30. The van der Waals surface area contributed by atoms with Gasteiger partial charge in [0.25, 0.3) is 0 Å². The number of sulfonamides is 1. The number of benzene rings is 1. The summed E-state index contributed by atoms with van der Waals surface area (Å²) in [6.45, 7) is 9.93. The second kappa shape index (κ2) is 10.1. The van der Waals surface area contributed by atoms with Crippen molar-refractivity contribution in [2.75, 3.05) is 31.9 Å². The molecule has 1 aromatic rings. The second-order valence-electron chi connectivity index (χ2n) is 7.92. The number of guanidine groups is 1. The fraction of sp³-hybridized carbons (Fsp3) is 0.650. The standard InChI is InChI=1S/C20H32ClFN4O2S/c1-5-23-19(25-16-9-11-26(12-10-16)29(27,28)6-2)24-14-20(3,4)17-8-7-15(22)13-18(17)21/h7-8,13,16H,5-6,9-12,14H2,1-4H3,(H2,23,24,25). The fourth-order valence-corrected chi connectivity index (χ4v) is 4.93. The third kappa shape index (κ3) is 6.55. The van der Waals surface area contributed by atoms with Crippen molar-refractivity contribution in [3.63, 3.8) is 0 Å². The number of nitrogens with zero attached hydrogens (tertiary/aromatic N) is 2. The van der Waals surface area contributed by atoms with Crippen molar-refractivity contribution in [3.8, 4) is 0 Å². The summed E-state index contributed by atoms with van der Waals surface area (Å²) >= 11 is 6.24. The van der Waals surface area contributed by atoms with Crippen LogP contribution in [-0.4, -0.2) is 56.7 Å². The van der Waals surface area contributed by atoms with E-state index in [2.05, 4.69) is 10.6 Å². The van der Waals surface area contributed by atoms with Crippen LogP contribution >= 0.6 is 11.6 Å². The normalized spacial score (nSPS) is 17.4. The number of rotatable bonds is 7. The van der Waals surface area contributed by atoms with Gasteiger partial charge in [0.15, 0.2) is 5.96 Å². The second-order valence-corrected chi connectivity index (χ2v) is 10.6. The number of aliphatic imine (C=N–C) groups is 1. The Labute approximate surface area is 179 Å². The Kier molecular flexibility index (Phi) is 8.31. The maximum absolute atomic E-state index is 13.4. The predicted octanol–water partition coefficient (Wildman–Crippen LogP) is 3.13. The van der Waals surface area contributed by atoms with Crippen LogP contribution in [0, 0.1) is 5.82 Å². The maximum atomic E-state index is 13.4. The predicted molar refractivity (Wildman–Crippen MR) is 118 cm³/mol. The molecule has 0 bridgehead atoms. The molecule has 0 aromatic heterocycles. The lowest BCUT2D eigenvalue weighted by Crippen LogP contribution is -2.50. The zero-order valence-corrected chi connectivity index (χ0v) is 19.2. The van der Waals surface area contributed by atoms with Crippen molar-refractivity contribution in [3.05, 3.63) is 34.6 Å². The van der Waals surface area contributed by atoms with E-state index in [4.69, 9.17) is 16.6 Å². The van der Waals surface area contributed by atoms with E-state index >= 15 is 0 Å². The van der Waals surface area contributed by atoms with E-state index in [9.17, 15) is 12.8 Å². The van der Waals surface area contributed by atoms with Crippen LogP contribution in [0.15, 0.2) is 23.2 Å². The van der Waals surface area contributed by atoms with Crippen molar-refractivity contribution in [2.24, 2.45) is 4.99 Å². The van der Waals surface area contributed by atoms with Gasteiger partial charge in [0.2, 0.25) is 10.0 Å². The first-order valence-corrected chi connectivity index (χ1v) is 12.1. The summed E-state index contributed by atoms with van der Waals surface area (Å²) in [6, 6.07) is 4.60. The van der Waals surface area contributed by atoms with Crippen LogP contribution < -0.4 is 10.6 Å². The molecule has 1 aliphatic rings. The molecular weight excluding hydrogens is 415 g/mol. The largest absolute Gasteiger partial charge is 0.357 e. The third-order valence-electron chi connectivity index (χ3n) is 5.19. The van der Waals surface area contributed by atoms with E-state index in [-0.39, 0.29) is 23.0 Å². The summed E-state index contributed by atoms with van der Waals surface area (Å²) in [5.74, 6) is 0.469. The topological polar surface area (TPSA) is 73.8 Å². The minimum absolute atomic E-state index is 0.135. The number of halogens is 2. The molecule has 164 valence electrons. The molecule has 1 fully saturated rings. The number of piperidine rings is 1. The Balaban J connectivity index is 2.03. The highest BCUT2D eigenvalue weighted by atomic mass is 35.5. The molecule has 1 heterocycles. The Morgan fingerprint density at radius 1 is 1.31 bits per heavy atom. The highest BCUT2D eigenvalue weighted by Gasteiger charge is 2.28. The van der Waals surface area contributed by atoms with Crippen LogP contribution in [-0.2, 0) is 15.4 Å². The van der Waals surface area contributed by atoms with Crippen LogP contribution in [0.25, 0.3) is 0 Å². The maximum Gasteiger partial charge on any atom is 0.213 e.